The van der Waals surface area contributed by atoms with E-state index in [1.165, 1.54) is 44.2 Å². The number of rotatable bonds is 14. The molecule has 0 amide bonds. The van der Waals surface area contributed by atoms with Gasteiger partial charge in [0.05, 0.1) is 0 Å². The van der Waals surface area contributed by atoms with E-state index in [-0.39, 0.29) is 23.0 Å². The zero-order chi connectivity index (χ0) is 24.2. The first-order chi connectivity index (χ1) is 16.5. The van der Waals surface area contributed by atoms with Gasteiger partial charge < -0.3 is 23.8 Å². The average Bonchev–Trinajstić information content (AvgIpc) is 2.82. The lowest BCUT2D eigenvalue weighted by Gasteiger charge is -2.21. The average molecular weight is 485 g/mol. The van der Waals surface area contributed by atoms with Crippen LogP contribution in [0.25, 0.3) is 0 Å². The van der Waals surface area contributed by atoms with E-state index in [0.29, 0.717) is 5.75 Å². The van der Waals surface area contributed by atoms with Crippen molar-refractivity contribution in [2.45, 2.75) is 58.3 Å². The van der Waals surface area contributed by atoms with E-state index >= 15 is 0 Å². The largest absolute Gasteiger partial charge is 0.647 e. The van der Waals surface area contributed by atoms with Crippen molar-refractivity contribution in [2.24, 2.45) is 0 Å². The maximum atomic E-state index is 13.8. The molecule has 0 fully saturated rings. The molecule has 0 radical (unpaired) electrons. The number of aromatic hydroxyl groups is 2. The molecule has 0 saturated carbocycles. The van der Waals surface area contributed by atoms with Gasteiger partial charge in [-0.2, -0.15) is 4.57 Å². The summed E-state index contributed by atoms with van der Waals surface area (Å²) in [5.41, 5.74) is 0.900. The molecule has 3 aromatic carbocycles. The van der Waals surface area contributed by atoms with Crippen LogP contribution < -0.4 is 13.6 Å². The predicted octanol–water partition coefficient (Wildman–Crippen LogP) is 8.04. The fraction of sp³-hybridized carbons (Fsp3) is 0.333. The number of aryl methyl sites for hydroxylation is 1. The molecule has 0 aliphatic carbocycles. The summed E-state index contributed by atoms with van der Waals surface area (Å²) in [6.45, 7) is 2.21. The van der Waals surface area contributed by atoms with Gasteiger partial charge >= 0.3 is 7.82 Å². The molecule has 2 N–H and O–H groups in total. The Morgan fingerprint density at radius 1 is 0.706 bits per heavy atom. The Balaban J connectivity index is 1.76. The van der Waals surface area contributed by atoms with Gasteiger partial charge in [0.25, 0.3) is 0 Å². The van der Waals surface area contributed by atoms with Gasteiger partial charge in [-0.3, -0.25) is 0 Å². The number of hydrogen-bond donors (Lipinski definition) is 2. The van der Waals surface area contributed by atoms with Crippen LogP contribution in [0.4, 0.5) is 0 Å². The molecule has 34 heavy (non-hydrogen) atoms. The molecule has 0 heterocycles. The zero-order valence-electron chi connectivity index (χ0n) is 19.6. The topological polar surface area (TPSA) is 85.2 Å². The van der Waals surface area contributed by atoms with Crippen LogP contribution in [0.3, 0.4) is 0 Å². The van der Waals surface area contributed by atoms with Gasteiger partial charge in [-0.25, -0.2) is 0 Å². The number of unbranched alkanes of at least 4 members (excludes halogenated alkanes) is 6. The van der Waals surface area contributed by atoms with Crippen molar-refractivity contribution in [3.63, 3.8) is 0 Å². The zero-order valence-corrected chi connectivity index (χ0v) is 20.5. The molecular weight excluding hydrogens is 451 g/mol. The van der Waals surface area contributed by atoms with Gasteiger partial charge in [0.1, 0.15) is 17.2 Å². The summed E-state index contributed by atoms with van der Waals surface area (Å²) in [6.07, 6.45) is 9.10. The molecule has 7 heteroatoms. The minimum atomic E-state index is -4.29. The van der Waals surface area contributed by atoms with Crippen molar-refractivity contribution < 1.29 is 28.3 Å². The van der Waals surface area contributed by atoms with E-state index in [2.05, 4.69) is 6.92 Å². The highest BCUT2D eigenvalue weighted by molar-refractivity contribution is 7.49. The molecule has 6 nitrogen and oxygen atoms in total. The van der Waals surface area contributed by atoms with E-state index in [4.69, 9.17) is 13.6 Å². The molecule has 1 unspecified atom stereocenters. The number of hydrogen-bond acceptors (Lipinski definition) is 6. The normalized spacial score (nSPS) is 12.6. The summed E-state index contributed by atoms with van der Waals surface area (Å²) in [5.74, 6) is 0.0271. The second-order valence-electron chi connectivity index (χ2n) is 8.17. The maximum absolute atomic E-state index is 13.8. The number of benzene rings is 3. The van der Waals surface area contributed by atoms with E-state index in [1.54, 1.807) is 42.5 Å². The lowest BCUT2D eigenvalue weighted by Crippen LogP contribution is -2.09. The minimum Gasteiger partial charge on any atom is -0.508 e. The molecule has 0 saturated heterocycles. The van der Waals surface area contributed by atoms with Gasteiger partial charge in [-0.15, -0.1) is 0 Å². The van der Waals surface area contributed by atoms with Crippen LogP contribution in [0, 0.1) is 0 Å². The first-order valence-corrected chi connectivity index (χ1v) is 13.3. The van der Waals surface area contributed by atoms with Crippen LogP contribution in [0.5, 0.6) is 28.7 Å². The molecule has 0 spiro atoms. The molecule has 0 aliphatic heterocycles. The van der Waals surface area contributed by atoms with Gasteiger partial charge in [0.2, 0.25) is 0 Å². The highest BCUT2D eigenvalue weighted by Gasteiger charge is 2.35. The highest BCUT2D eigenvalue weighted by Crippen LogP contribution is 2.52. The smallest absolute Gasteiger partial charge is 0.508 e. The third-order valence-corrected chi connectivity index (χ3v) is 6.62. The maximum Gasteiger partial charge on any atom is 0.647 e. The number of phosphoric acid groups is 1. The molecule has 0 aromatic heterocycles. The van der Waals surface area contributed by atoms with Gasteiger partial charge in [0.15, 0.2) is 11.5 Å². The Kier molecular flexibility index (Phi) is 9.72. The second kappa shape index (κ2) is 13.0. The highest BCUT2D eigenvalue weighted by atomic mass is 31.2. The predicted molar refractivity (Wildman–Crippen MR) is 134 cm³/mol. The van der Waals surface area contributed by atoms with Crippen LogP contribution in [0.1, 0.15) is 57.4 Å². The van der Waals surface area contributed by atoms with Crippen LogP contribution >= 0.6 is 7.82 Å². The Morgan fingerprint density at radius 3 is 2.12 bits per heavy atom. The van der Waals surface area contributed by atoms with Crippen molar-refractivity contribution in [3.05, 3.63) is 78.4 Å². The Morgan fingerprint density at radius 2 is 1.35 bits per heavy atom. The quantitative estimate of drug-likeness (QED) is 0.137. The number of phenols is 2. The van der Waals surface area contributed by atoms with Crippen LogP contribution in [-0.4, -0.2) is 10.2 Å². The van der Waals surface area contributed by atoms with Gasteiger partial charge in [0, 0.05) is 6.07 Å². The molecule has 0 bridgehead atoms. The monoisotopic (exact) mass is 484 g/mol. The Hall–Kier alpha value is -3.11. The van der Waals surface area contributed by atoms with Crippen molar-refractivity contribution >= 4 is 7.82 Å². The summed E-state index contributed by atoms with van der Waals surface area (Å²) in [4.78, 5) is 0. The van der Waals surface area contributed by atoms with Gasteiger partial charge in [-0.05, 0) is 48.7 Å². The van der Waals surface area contributed by atoms with E-state index in [0.717, 1.165) is 30.9 Å². The van der Waals surface area contributed by atoms with Crippen LogP contribution in [0.15, 0.2) is 72.8 Å². The standard InChI is InChI=1S/C27H33O6P/c1-2-3-4-5-6-7-9-14-22-15-12-13-18-26(22)32-34(30,31-24-16-10-8-11-17-24)33-27-21-23(28)19-20-25(27)29/h8,10-13,15-21,28-29H,2-7,9,14H2,1H3. The van der Waals surface area contributed by atoms with E-state index in [1.807, 2.05) is 12.1 Å². The lowest BCUT2D eigenvalue weighted by molar-refractivity contribution is 0.291. The van der Waals surface area contributed by atoms with Crippen molar-refractivity contribution in [1.82, 2.24) is 0 Å². The summed E-state index contributed by atoms with van der Waals surface area (Å²) < 4.78 is 30.8. The van der Waals surface area contributed by atoms with Crippen molar-refractivity contribution in [3.8, 4) is 28.7 Å². The van der Waals surface area contributed by atoms with Crippen LogP contribution in [-0.2, 0) is 11.0 Å². The van der Waals surface area contributed by atoms with Gasteiger partial charge in [-0.1, -0.05) is 81.8 Å². The molecule has 182 valence electrons. The SMILES string of the molecule is CCCCCCCCCc1ccccc1OP(=O)(Oc1ccccc1)Oc1cc(O)ccc1O. The summed E-state index contributed by atoms with van der Waals surface area (Å²) in [7, 11) is -4.29. The fourth-order valence-corrected chi connectivity index (χ4v) is 4.85. The number of phenolic OH excluding ortho intramolecular Hbond substituents is 2. The lowest BCUT2D eigenvalue weighted by atomic mass is 10.0. The molecule has 1 atom stereocenters. The van der Waals surface area contributed by atoms with E-state index in [9.17, 15) is 14.8 Å². The third-order valence-electron chi connectivity index (χ3n) is 5.35. The number of phosphoric ester groups is 1. The van der Waals surface area contributed by atoms with E-state index < -0.39 is 7.82 Å². The summed E-state index contributed by atoms with van der Waals surface area (Å²) in [6, 6.07) is 19.6. The first kappa shape index (κ1) is 25.5. The molecule has 3 aromatic rings. The first-order valence-electron chi connectivity index (χ1n) is 11.8. The molecular formula is C27H33O6P. The minimum absolute atomic E-state index is 0.154. The number of para-hydroxylation sites is 2. The van der Waals surface area contributed by atoms with Crippen molar-refractivity contribution in [2.75, 3.05) is 0 Å². The molecule has 0 aliphatic rings. The Labute approximate surface area is 201 Å². The fourth-order valence-electron chi connectivity index (χ4n) is 3.56. The Bertz CT molecular complexity index is 1070. The third kappa shape index (κ3) is 8.03. The second-order valence-corrected chi connectivity index (χ2v) is 9.61. The summed E-state index contributed by atoms with van der Waals surface area (Å²) in [5, 5.41) is 19.9. The van der Waals surface area contributed by atoms with Crippen LogP contribution in [0.2, 0.25) is 0 Å². The van der Waals surface area contributed by atoms with Crippen molar-refractivity contribution in [1.29, 1.82) is 0 Å². The summed E-state index contributed by atoms with van der Waals surface area (Å²) >= 11 is 0. The molecule has 3 rings (SSSR count).